The molecular formula is C16H20F2N2O3. The third-order valence-corrected chi connectivity index (χ3v) is 3.87. The van der Waals surface area contributed by atoms with E-state index in [2.05, 4.69) is 5.32 Å². The Bertz CT molecular complexity index is 595. The van der Waals surface area contributed by atoms with Crippen LogP contribution in [0.15, 0.2) is 18.2 Å². The number of rotatable bonds is 6. The summed E-state index contributed by atoms with van der Waals surface area (Å²) in [6, 6.07) is 3.20. The Kier molecular flexibility index (Phi) is 5.65. The van der Waals surface area contributed by atoms with Crippen LogP contribution in [0.4, 0.5) is 14.5 Å². The van der Waals surface area contributed by atoms with Gasteiger partial charge in [-0.25, -0.2) is 8.78 Å². The maximum atomic E-state index is 13.3. The van der Waals surface area contributed by atoms with Crippen LogP contribution in [0.5, 0.6) is 0 Å². The van der Waals surface area contributed by atoms with Crippen LogP contribution >= 0.6 is 0 Å². The van der Waals surface area contributed by atoms with Gasteiger partial charge in [0, 0.05) is 24.8 Å². The van der Waals surface area contributed by atoms with Gasteiger partial charge in [0.05, 0.1) is 6.10 Å². The number of nitrogens with one attached hydrogen (secondary N) is 1. The normalized spacial score (nSPS) is 19.0. The highest BCUT2D eigenvalue weighted by atomic mass is 19.2. The van der Waals surface area contributed by atoms with E-state index >= 15 is 0 Å². The molecule has 5 nitrogen and oxygen atoms in total. The molecule has 1 aromatic rings. The minimum Gasteiger partial charge on any atom is -0.391 e. The van der Waals surface area contributed by atoms with Gasteiger partial charge in [0.1, 0.15) is 5.92 Å². The van der Waals surface area contributed by atoms with Crippen LogP contribution in [-0.4, -0.2) is 36.1 Å². The SMILES string of the molecule is CCCC(O)CNC(=O)C1CCN(c2ccc(F)c(F)c2)C1=O. The van der Waals surface area contributed by atoms with Gasteiger partial charge in [0.25, 0.3) is 0 Å². The molecule has 0 aliphatic carbocycles. The molecule has 0 saturated carbocycles. The van der Waals surface area contributed by atoms with E-state index in [4.69, 9.17) is 0 Å². The van der Waals surface area contributed by atoms with Crippen LogP contribution < -0.4 is 10.2 Å². The minimum atomic E-state index is -1.04. The molecule has 7 heteroatoms. The Balaban J connectivity index is 1.98. The van der Waals surface area contributed by atoms with Gasteiger partial charge in [-0.2, -0.15) is 0 Å². The topological polar surface area (TPSA) is 69.6 Å². The molecule has 0 spiro atoms. The van der Waals surface area contributed by atoms with E-state index in [9.17, 15) is 23.5 Å². The highest BCUT2D eigenvalue weighted by molar-refractivity contribution is 6.09. The van der Waals surface area contributed by atoms with E-state index in [1.54, 1.807) is 0 Å². The average Bonchev–Trinajstić information content (AvgIpc) is 2.90. The number of aliphatic hydroxyl groups is 1. The standard InChI is InChI=1S/C16H20F2N2O3/c1-2-3-11(21)9-19-15(22)12-6-7-20(16(12)23)10-4-5-13(17)14(18)8-10/h4-5,8,11-12,21H,2-3,6-7,9H2,1H3,(H,19,22). The van der Waals surface area contributed by atoms with E-state index in [1.165, 1.54) is 11.0 Å². The first kappa shape index (κ1) is 17.3. The quantitative estimate of drug-likeness (QED) is 0.780. The second-order valence-electron chi connectivity index (χ2n) is 5.62. The van der Waals surface area contributed by atoms with Gasteiger partial charge in [-0.3, -0.25) is 9.59 Å². The van der Waals surface area contributed by atoms with Gasteiger partial charge in [0.2, 0.25) is 11.8 Å². The zero-order valence-electron chi connectivity index (χ0n) is 12.9. The van der Waals surface area contributed by atoms with Crippen molar-refractivity contribution in [3.63, 3.8) is 0 Å². The molecule has 126 valence electrons. The number of halogens is 2. The number of carbonyl (C=O) groups is 2. The Morgan fingerprint density at radius 1 is 1.43 bits per heavy atom. The molecular weight excluding hydrogens is 306 g/mol. The highest BCUT2D eigenvalue weighted by Crippen LogP contribution is 2.26. The molecule has 1 heterocycles. The molecule has 1 saturated heterocycles. The van der Waals surface area contributed by atoms with E-state index in [1.807, 2.05) is 6.92 Å². The number of benzene rings is 1. The number of carbonyl (C=O) groups excluding carboxylic acids is 2. The van der Waals surface area contributed by atoms with Crippen molar-refractivity contribution < 1.29 is 23.5 Å². The zero-order valence-corrected chi connectivity index (χ0v) is 12.9. The second kappa shape index (κ2) is 7.50. The van der Waals surface area contributed by atoms with Crippen LogP contribution in [0.25, 0.3) is 0 Å². The maximum Gasteiger partial charge on any atom is 0.239 e. The van der Waals surface area contributed by atoms with Gasteiger partial charge >= 0.3 is 0 Å². The fourth-order valence-electron chi connectivity index (χ4n) is 2.61. The summed E-state index contributed by atoms with van der Waals surface area (Å²) in [5.41, 5.74) is 0.232. The summed E-state index contributed by atoms with van der Waals surface area (Å²) in [6.45, 7) is 2.28. The molecule has 0 aromatic heterocycles. The van der Waals surface area contributed by atoms with Crippen molar-refractivity contribution in [3.05, 3.63) is 29.8 Å². The van der Waals surface area contributed by atoms with E-state index in [-0.39, 0.29) is 18.8 Å². The molecule has 2 atom stereocenters. The van der Waals surface area contributed by atoms with Crippen LogP contribution in [0.1, 0.15) is 26.2 Å². The predicted octanol–water partition coefficient (Wildman–Crippen LogP) is 1.59. The summed E-state index contributed by atoms with van der Waals surface area (Å²) in [7, 11) is 0. The maximum absolute atomic E-state index is 13.3. The monoisotopic (exact) mass is 326 g/mol. The first-order valence-electron chi connectivity index (χ1n) is 7.66. The number of aliphatic hydroxyl groups excluding tert-OH is 1. The Hall–Kier alpha value is -2.02. The molecule has 1 fully saturated rings. The van der Waals surface area contributed by atoms with Gasteiger partial charge in [0.15, 0.2) is 11.6 Å². The number of nitrogens with zero attached hydrogens (tertiary/aromatic N) is 1. The third kappa shape index (κ3) is 4.04. The summed E-state index contributed by atoms with van der Waals surface area (Å²) in [4.78, 5) is 25.6. The first-order valence-corrected chi connectivity index (χ1v) is 7.66. The van der Waals surface area contributed by atoms with Crippen molar-refractivity contribution in [2.24, 2.45) is 5.92 Å². The van der Waals surface area contributed by atoms with Gasteiger partial charge in [-0.05, 0) is 25.0 Å². The van der Waals surface area contributed by atoms with Crippen molar-refractivity contribution in [1.29, 1.82) is 0 Å². The molecule has 1 aliphatic rings. The lowest BCUT2D eigenvalue weighted by Crippen LogP contribution is -2.40. The Morgan fingerprint density at radius 2 is 2.17 bits per heavy atom. The molecule has 1 aliphatic heterocycles. The number of hydrogen-bond acceptors (Lipinski definition) is 3. The van der Waals surface area contributed by atoms with Crippen molar-refractivity contribution in [2.75, 3.05) is 18.0 Å². The van der Waals surface area contributed by atoms with E-state index in [0.29, 0.717) is 12.8 Å². The van der Waals surface area contributed by atoms with E-state index < -0.39 is 35.5 Å². The third-order valence-electron chi connectivity index (χ3n) is 3.87. The average molecular weight is 326 g/mol. The fraction of sp³-hybridized carbons (Fsp3) is 0.500. The summed E-state index contributed by atoms with van der Waals surface area (Å²) >= 11 is 0. The Morgan fingerprint density at radius 3 is 2.83 bits per heavy atom. The lowest BCUT2D eigenvalue weighted by Gasteiger charge is -2.17. The molecule has 2 N–H and O–H groups in total. The molecule has 2 amide bonds. The highest BCUT2D eigenvalue weighted by Gasteiger charge is 2.37. The molecule has 2 rings (SSSR count). The van der Waals surface area contributed by atoms with Crippen LogP contribution in [0.2, 0.25) is 0 Å². The van der Waals surface area contributed by atoms with Crippen LogP contribution in [0.3, 0.4) is 0 Å². The lowest BCUT2D eigenvalue weighted by atomic mass is 10.1. The van der Waals surface area contributed by atoms with Crippen molar-refractivity contribution in [1.82, 2.24) is 5.32 Å². The fourth-order valence-corrected chi connectivity index (χ4v) is 2.61. The van der Waals surface area contributed by atoms with Crippen molar-refractivity contribution >= 4 is 17.5 Å². The molecule has 2 unspecified atom stereocenters. The summed E-state index contributed by atoms with van der Waals surface area (Å²) in [6.07, 6.45) is 1.03. The molecule has 0 bridgehead atoms. The number of anilines is 1. The summed E-state index contributed by atoms with van der Waals surface area (Å²) < 4.78 is 26.2. The predicted molar refractivity (Wildman–Crippen MR) is 80.7 cm³/mol. The molecule has 0 radical (unpaired) electrons. The summed E-state index contributed by atoms with van der Waals surface area (Å²) in [5, 5.41) is 12.2. The number of amides is 2. The van der Waals surface area contributed by atoms with Gasteiger partial charge in [-0.15, -0.1) is 0 Å². The van der Waals surface area contributed by atoms with E-state index in [0.717, 1.165) is 18.6 Å². The van der Waals surface area contributed by atoms with Crippen molar-refractivity contribution in [3.8, 4) is 0 Å². The molecule has 1 aromatic carbocycles. The lowest BCUT2D eigenvalue weighted by molar-refractivity contribution is -0.132. The van der Waals surface area contributed by atoms with Gasteiger partial charge in [-0.1, -0.05) is 13.3 Å². The second-order valence-corrected chi connectivity index (χ2v) is 5.62. The molecule has 23 heavy (non-hydrogen) atoms. The van der Waals surface area contributed by atoms with Gasteiger partial charge < -0.3 is 15.3 Å². The smallest absolute Gasteiger partial charge is 0.239 e. The first-order chi connectivity index (χ1) is 10.9. The number of hydrogen-bond donors (Lipinski definition) is 2. The van der Waals surface area contributed by atoms with Crippen LogP contribution in [-0.2, 0) is 9.59 Å². The van der Waals surface area contributed by atoms with Crippen molar-refractivity contribution in [2.45, 2.75) is 32.3 Å². The zero-order chi connectivity index (χ0) is 17.0. The Labute approximate surface area is 133 Å². The van der Waals surface area contributed by atoms with Crippen LogP contribution in [0, 0.1) is 17.6 Å². The largest absolute Gasteiger partial charge is 0.391 e. The summed E-state index contributed by atoms with van der Waals surface area (Å²) in [5.74, 6) is -3.78. The minimum absolute atomic E-state index is 0.0988.